The second kappa shape index (κ2) is 29.6. The molecule has 0 spiro atoms. The topological polar surface area (TPSA) is 380 Å². The molecule has 0 saturated heterocycles. The molecule has 2 aromatic carbocycles. The molecule has 0 aliphatic rings. The van der Waals surface area contributed by atoms with E-state index in [4.69, 9.17) is 31.2 Å². The number of ether oxygens (including phenoxy) is 2. The molecule has 0 aliphatic heterocycles. The first-order valence-electron chi connectivity index (χ1n) is 21.4. The predicted octanol–water partition coefficient (Wildman–Crippen LogP) is -1.10. The van der Waals surface area contributed by atoms with Gasteiger partial charge in [-0.1, -0.05) is 70.1 Å². The Morgan fingerprint density at radius 1 is 0.514 bits per heavy atom. The molecule has 0 radical (unpaired) electrons. The van der Waals surface area contributed by atoms with Gasteiger partial charge < -0.3 is 63.1 Å². The zero-order valence-electron chi connectivity index (χ0n) is 38.5. The van der Waals surface area contributed by atoms with E-state index in [0.717, 1.165) is 32.4 Å². The minimum absolute atomic E-state index is 0.0144. The maximum absolute atomic E-state index is 13.2. The number of nitrogens with two attached hydrogens (primary N) is 2. The third-order valence-corrected chi connectivity index (χ3v) is 13.4. The van der Waals surface area contributed by atoms with Crippen LogP contribution in [0.1, 0.15) is 21.0 Å². The number of aliphatic carboxylic acids is 2. The summed E-state index contributed by atoms with van der Waals surface area (Å²) in [5.41, 5.74) is 13.1. The molecule has 0 aliphatic carbocycles. The summed E-state index contributed by atoms with van der Waals surface area (Å²) < 4.78 is 10.7. The molecule has 386 valence electrons. The first-order valence-corrected chi connectivity index (χ1v) is 26.7. The second-order valence-corrected chi connectivity index (χ2v) is 19.5. The molecule has 2 aromatic heterocycles. The SMILES string of the molecule is CSC[C@H](NC(=O)[C@@H](N)CSSC[C@H](N)C(=O)N[C@@H](CSC)C(=O)OC[C@@H](NC(=O)c1ccc2ccccc2n1)C(=O)NCC(=O)O)C(=O)OC[C@@H](NC(=O)c1ccc2ccccc2n1)C(=O)NCC(=O)O. The smallest absolute Gasteiger partial charge is 0.329 e. The lowest BCUT2D eigenvalue weighted by molar-refractivity contribution is -0.149. The summed E-state index contributed by atoms with van der Waals surface area (Å²) in [4.78, 5) is 135. The third kappa shape index (κ3) is 18.8. The molecule has 24 nitrogen and oxygen atoms in total. The molecular formula is C44H52N10O14S4. The maximum Gasteiger partial charge on any atom is 0.329 e. The zero-order chi connectivity index (χ0) is 52.7. The number of thioether (sulfide) groups is 2. The highest BCUT2D eigenvalue weighted by Gasteiger charge is 2.31. The van der Waals surface area contributed by atoms with E-state index in [9.17, 15) is 47.9 Å². The Hall–Kier alpha value is -6.72. The third-order valence-electron chi connectivity index (χ3n) is 9.64. The molecule has 6 atom stereocenters. The van der Waals surface area contributed by atoms with Gasteiger partial charge in [-0.2, -0.15) is 23.5 Å². The lowest BCUT2D eigenvalue weighted by atomic mass is 10.2. The maximum atomic E-state index is 13.2. The van der Waals surface area contributed by atoms with Gasteiger partial charge in [0.15, 0.2) is 0 Å². The van der Waals surface area contributed by atoms with Crippen molar-refractivity contribution in [3.8, 4) is 0 Å². The monoisotopic (exact) mass is 1070 g/mol. The molecule has 0 fully saturated rings. The van der Waals surface area contributed by atoms with E-state index in [2.05, 4.69) is 41.9 Å². The summed E-state index contributed by atoms with van der Waals surface area (Å²) in [5, 5.41) is 33.7. The number of carbonyl (C=O) groups excluding carboxylic acids is 8. The molecule has 72 heavy (non-hydrogen) atoms. The van der Waals surface area contributed by atoms with Gasteiger partial charge >= 0.3 is 23.9 Å². The molecule has 0 saturated carbocycles. The number of amides is 6. The van der Waals surface area contributed by atoms with Crippen molar-refractivity contribution in [2.75, 3.05) is 61.8 Å². The van der Waals surface area contributed by atoms with Crippen LogP contribution in [0.5, 0.6) is 0 Å². The predicted molar refractivity (Wildman–Crippen MR) is 271 cm³/mol. The Morgan fingerprint density at radius 2 is 0.889 bits per heavy atom. The van der Waals surface area contributed by atoms with Crippen molar-refractivity contribution < 1.29 is 67.6 Å². The van der Waals surface area contributed by atoms with E-state index in [-0.39, 0.29) is 34.4 Å². The van der Waals surface area contributed by atoms with Crippen molar-refractivity contribution in [3.05, 3.63) is 84.2 Å². The molecule has 4 aromatic rings. The van der Waals surface area contributed by atoms with E-state index in [1.165, 1.54) is 35.7 Å². The minimum Gasteiger partial charge on any atom is -0.480 e. The van der Waals surface area contributed by atoms with Gasteiger partial charge in [-0.15, -0.1) is 0 Å². The van der Waals surface area contributed by atoms with Crippen molar-refractivity contribution >= 4 is 126 Å². The van der Waals surface area contributed by atoms with Gasteiger partial charge in [0.05, 0.1) is 23.1 Å². The van der Waals surface area contributed by atoms with Crippen LogP contribution in [-0.4, -0.2) is 178 Å². The van der Waals surface area contributed by atoms with E-state index >= 15 is 0 Å². The average Bonchev–Trinajstić information content (AvgIpc) is 3.37. The van der Waals surface area contributed by atoms with Crippen LogP contribution in [0.25, 0.3) is 21.8 Å². The number of benzene rings is 2. The minimum atomic E-state index is -1.55. The Kier molecular flexibility index (Phi) is 23.8. The highest BCUT2D eigenvalue weighted by Crippen LogP contribution is 2.22. The zero-order valence-corrected chi connectivity index (χ0v) is 41.8. The number of esters is 2. The summed E-state index contributed by atoms with van der Waals surface area (Å²) in [6, 6.07) is 12.1. The van der Waals surface area contributed by atoms with Crippen molar-refractivity contribution in [2.45, 2.75) is 36.3 Å². The van der Waals surface area contributed by atoms with Crippen molar-refractivity contribution in [2.24, 2.45) is 11.5 Å². The van der Waals surface area contributed by atoms with Crippen molar-refractivity contribution in [1.82, 2.24) is 41.9 Å². The molecule has 0 unspecified atom stereocenters. The number of hydrogen-bond acceptors (Lipinski definition) is 20. The van der Waals surface area contributed by atoms with Gasteiger partial charge in [0, 0.05) is 33.8 Å². The van der Waals surface area contributed by atoms with Crippen LogP contribution in [0.2, 0.25) is 0 Å². The summed E-state index contributed by atoms with van der Waals surface area (Å²) in [6.07, 6.45) is 3.31. The fraction of sp³-hybridized carbons (Fsp3) is 0.364. The van der Waals surface area contributed by atoms with Crippen LogP contribution in [-0.2, 0) is 47.8 Å². The van der Waals surface area contributed by atoms with Gasteiger partial charge in [-0.05, 0) is 36.8 Å². The number of carbonyl (C=O) groups is 10. The van der Waals surface area contributed by atoms with E-state index < -0.39 is 122 Å². The molecule has 6 amide bonds. The highest BCUT2D eigenvalue weighted by atomic mass is 33.1. The van der Waals surface area contributed by atoms with Gasteiger partial charge in [0.25, 0.3) is 11.8 Å². The van der Waals surface area contributed by atoms with E-state index in [0.29, 0.717) is 11.0 Å². The Morgan fingerprint density at radius 3 is 1.25 bits per heavy atom. The van der Waals surface area contributed by atoms with Gasteiger partial charge in [0.2, 0.25) is 23.6 Å². The molecule has 4 rings (SSSR count). The largest absolute Gasteiger partial charge is 0.480 e. The van der Waals surface area contributed by atoms with Gasteiger partial charge in [-0.3, -0.25) is 38.4 Å². The standard InChI is InChI=1S/C44H52N10O14S4/c1-69-21-33(43(65)67-17-31(39(61)47-15-35(55)56)51-41(63)29-13-11-23-7-3-5-9-27(23)49-29)53-37(59)25(45)19-71-72-20-26(46)38(60)54-34(22-70-2)44(66)68-18-32(40(62)48-16-36(57)58)52-42(64)30-14-12-24-8-4-6-10-28(24)50-30/h3-14,25-26,31-34H,15-22,45-46H2,1-2H3,(H,47,61)(H,48,62)(H,51,63)(H,52,64)(H,53,59)(H,54,60)(H,55,56)(H,57,58)/t25-,26-,31+,32+,33-,34-/m0/s1. The molecular weight excluding hydrogens is 1020 g/mol. The molecule has 2 heterocycles. The number of para-hydroxylation sites is 2. The second-order valence-electron chi connectivity index (χ2n) is 15.1. The first kappa shape index (κ1) is 57.9. The number of hydrogen-bond donors (Lipinski definition) is 10. The molecule has 12 N–H and O–H groups in total. The van der Waals surface area contributed by atoms with Gasteiger partial charge in [0.1, 0.15) is 61.9 Å². The fourth-order valence-corrected chi connectivity index (χ4v) is 9.29. The number of carboxylic acid groups (broad SMARTS) is 2. The highest BCUT2D eigenvalue weighted by molar-refractivity contribution is 8.76. The van der Waals surface area contributed by atoms with Crippen LogP contribution in [0, 0.1) is 0 Å². The number of fused-ring (bicyclic) bond motifs is 2. The number of carboxylic acids is 2. The van der Waals surface area contributed by atoms with Gasteiger partial charge in [-0.25, -0.2) is 19.6 Å². The number of aromatic nitrogens is 2. The first-order chi connectivity index (χ1) is 34.4. The van der Waals surface area contributed by atoms with Crippen LogP contribution >= 0.6 is 45.1 Å². The average molecular weight is 1070 g/mol. The summed E-state index contributed by atoms with van der Waals surface area (Å²) in [7, 11) is 2.16. The number of nitrogens with one attached hydrogen (secondary N) is 6. The van der Waals surface area contributed by atoms with E-state index in [1.807, 2.05) is 0 Å². The van der Waals surface area contributed by atoms with Crippen molar-refractivity contribution in [3.63, 3.8) is 0 Å². The van der Waals surface area contributed by atoms with Crippen LogP contribution in [0.4, 0.5) is 0 Å². The number of nitrogens with zero attached hydrogens (tertiary/aromatic N) is 2. The van der Waals surface area contributed by atoms with E-state index in [1.54, 1.807) is 73.2 Å². The molecule has 0 bridgehead atoms. The molecule has 28 heteroatoms. The van der Waals surface area contributed by atoms with Crippen molar-refractivity contribution in [1.29, 1.82) is 0 Å². The quantitative estimate of drug-likeness (QED) is 0.0175. The van der Waals surface area contributed by atoms with Crippen LogP contribution in [0.15, 0.2) is 72.8 Å². The Bertz CT molecular complexity index is 2440. The Labute approximate surface area is 427 Å². The summed E-state index contributed by atoms with van der Waals surface area (Å²) >= 11 is 2.35. The normalized spacial score (nSPS) is 13.4. The fourth-order valence-electron chi connectivity index (χ4n) is 5.94. The number of rotatable bonds is 29. The number of pyridine rings is 2. The van der Waals surface area contributed by atoms with Crippen LogP contribution < -0.4 is 43.4 Å². The lowest BCUT2D eigenvalue weighted by Gasteiger charge is -2.22. The van der Waals surface area contributed by atoms with Crippen LogP contribution in [0.3, 0.4) is 0 Å². The summed E-state index contributed by atoms with van der Waals surface area (Å²) in [5.74, 6) is -9.77. The lowest BCUT2D eigenvalue weighted by Crippen LogP contribution is -2.53. The summed E-state index contributed by atoms with van der Waals surface area (Å²) in [6.45, 7) is -3.06. The Balaban J connectivity index is 1.25.